The monoisotopic (exact) mass is 522 g/mol. The topological polar surface area (TPSA) is 140 Å². The third kappa shape index (κ3) is 5.11. The van der Waals surface area contributed by atoms with Gasteiger partial charge in [-0.2, -0.15) is 4.98 Å². The summed E-state index contributed by atoms with van der Waals surface area (Å²) in [4.78, 5) is 38.1. The molecular weight excluding hydrogens is 492 g/mol. The van der Waals surface area contributed by atoms with Gasteiger partial charge in [0.25, 0.3) is 5.56 Å². The minimum atomic E-state index is -0.140. The molecule has 4 aromatic heterocycles. The standard InChI is InChI=1S/C28H30N10O/c1-18-22(8-6-19-14-32-27(29)33-15-19)26(39)38(20-4-2-3-5-20)25-23(18)17-34-28(36-25)35-24-9-7-21(16-31-24)37-12-10-30-11-13-37/h7,9,14-17,20,30H,2-5,10-13H2,1H3,(H2,29,32,33)(H,31,34,35,36). The van der Waals surface area contributed by atoms with Gasteiger partial charge < -0.3 is 21.3 Å². The molecule has 6 rings (SSSR count). The molecule has 39 heavy (non-hydrogen) atoms. The van der Waals surface area contributed by atoms with Crippen molar-refractivity contribution in [3.8, 4) is 11.8 Å². The van der Waals surface area contributed by atoms with Crippen LogP contribution in [0, 0.1) is 18.8 Å². The van der Waals surface area contributed by atoms with Crippen molar-refractivity contribution in [1.82, 2.24) is 34.8 Å². The van der Waals surface area contributed by atoms with E-state index in [2.05, 4.69) is 53.4 Å². The van der Waals surface area contributed by atoms with Crippen molar-refractivity contribution in [2.45, 2.75) is 38.6 Å². The number of hydrogen-bond donors (Lipinski definition) is 3. The number of rotatable bonds is 4. The highest BCUT2D eigenvalue weighted by molar-refractivity contribution is 5.82. The number of fused-ring (bicyclic) bond motifs is 1. The fourth-order valence-electron chi connectivity index (χ4n) is 5.26. The van der Waals surface area contributed by atoms with Gasteiger partial charge in [-0.1, -0.05) is 24.7 Å². The van der Waals surface area contributed by atoms with Crippen molar-refractivity contribution in [2.75, 3.05) is 42.1 Å². The lowest BCUT2D eigenvalue weighted by Crippen LogP contribution is -2.43. The number of aryl methyl sites for hydroxylation is 1. The van der Waals surface area contributed by atoms with E-state index in [4.69, 9.17) is 10.7 Å². The van der Waals surface area contributed by atoms with Crippen molar-refractivity contribution in [3.05, 3.63) is 64.0 Å². The Morgan fingerprint density at radius 2 is 1.77 bits per heavy atom. The lowest BCUT2D eigenvalue weighted by molar-refractivity contribution is 0.515. The van der Waals surface area contributed by atoms with E-state index in [0.717, 1.165) is 68.5 Å². The SMILES string of the molecule is Cc1c(C#Cc2cnc(N)nc2)c(=O)n(C2CCCC2)c2nc(Nc3ccc(N4CCNCC4)cn3)ncc12. The van der Waals surface area contributed by atoms with E-state index in [1.807, 2.05) is 23.8 Å². The Balaban J connectivity index is 1.36. The van der Waals surface area contributed by atoms with Crippen molar-refractivity contribution in [1.29, 1.82) is 0 Å². The second-order valence-corrected chi connectivity index (χ2v) is 9.89. The zero-order chi connectivity index (χ0) is 26.8. The number of nitrogen functional groups attached to an aromatic ring is 1. The predicted octanol–water partition coefficient (Wildman–Crippen LogP) is 2.54. The van der Waals surface area contributed by atoms with Crippen LogP contribution < -0.4 is 26.8 Å². The average Bonchev–Trinajstić information content (AvgIpc) is 3.49. The van der Waals surface area contributed by atoms with Gasteiger partial charge in [-0.25, -0.2) is 19.9 Å². The summed E-state index contributed by atoms with van der Waals surface area (Å²) in [5, 5.41) is 7.38. The van der Waals surface area contributed by atoms with Crippen LogP contribution in [0.25, 0.3) is 11.0 Å². The van der Waals surface area contributed by atoms with Crippen molar-refractivity contribution < 1.29 is 0 Å². The molecule has 0 radical (unpaired) electrons. The van der Waals surface area contributed by atoms with Gasteiger partial charge in [0.05, 0.1) is 23.0 Å². The number of hydrogen-bond acceptors (Lipinski definition) is 10. The first-order valence-corrected chi connectivity index (χ1v) is 13.3. The predicted molar refractivity (Wildman–Crippen MR) is 151 cm³/mol. The van der Waals surface area contributed by atoms with Crippen LogP contribution in [0.2, 0.25) is 0 Å². The molecule has 0 atom stereocenters. The molecule has 0 amide bonds. The normalized spacial score (nSPS) is 15.8. The maximum atomic E-state index is 13.8. The van der Waals surface area contributed by atoms with Gasteiger partial charge in [0.15, 0.2) is 0 Å². The molecule has 2 fully saturated rings. The van der Waals surface area contributed by atoms with Gasteiger partial charge in [-0.15, -0.1) is 0 Å². The summed E-state index contributed by atoms with van der Waals surface area (Å²) in [5.41, 5.74) is 8.91. The Labute approximate surface area is 225 Å². The number of nitrogens with one attached hydrogen (secondary N) is 2. The van der Waals surface area contributed by atoms with Gasteiger partial charge in [-0.3, -0.25) is 9.36 Å². The molecule has 1 aliphatic heterocycles. The highest BCUT2D eigenvalue weighted by Crippen LogP contribution is 2.32. The molecule has 0 aromatic carbocycles. The Kier molecular flexibility index (Phi) is 6.77. The summed E-state index contributed by atoms with van der Waals surface area (Å²) in [7, 11) is 0. The first-order valence-electron chi connectivity index (χ1n) is 13.3. The first kappa shape index (κ1) is 24.8. The number of anilines is 4. The first-order chi connectivity index (χ1) is 19.1. The third-order valence-corrected chi connectivity index (χ3v) is 7.37. The Hall–Kier alpha value is -4.56. The van der Waals surface area contributed by atoms with Crippen LogP contribution in [0.1, 0.15) is 48.4 Å². The highest BCUT2D eigenvalue weighted by atomic mass is 16.1. The second kappa shape index (κ2) is 10.7. The van der Waals surface area contributed by atoms with Crippen LogP contribution in [0.3, 0.4) is 0 Å². The minimum Gasteiger partial charge on any atom is -0.368 e. The van der Waals surface area contributed by atoms with Crippen molar-refractivity contribution in [3.63, 3.8) is 0 Å². The average molecular weight is 523 g/mol. The fourth-order valence-corrected chi connectivity index (χ4v) is 5.26. The van der Waals surface area contributed by atoms with Gasteiger partial charge >= 0.3 is 0 Å². The molecule has 11 nitrogen and oxygen atoms in total. The van der Waals surface area contributed by atoms with Gasteiger partial charge in [0, 0.05) is 56.2 Å². The van der Waals surface area contributed by atoms with Crippen LogP contribution in [0.4, 0.5) is 23.4 Å². The number of nitrogens with zero attached hydrogens (tertiary/aromatic N) is 7. The second-order valence-electron chi connectivity index (χ2n) is 9.89. The van der Waals surface area contributed by atoms with Crippen LogP contribution in [0.15, 0.2) is 41.7 Å². The molecule has 4 N–H and O–H groups in total. The van der Waals surface area contributed by atoms with Crippen molar-refractivity contribution >= 4 is 34.4 Å². The van der Waals surface area contributed by atoms with Crippen LogP contribution in [0.5, 0.6) is 0 Å². The Morgan fingerprint density at radius 3 is 2.49 bits per heavy atom. The number of piperazine rings is 1. The molecule has 0 unspecified atom stereocenters. The molecule has 1 aliphatic carbocycles. The zero-order valence-electron chi connectivity index (χ0n) is 21.8. The van der Waals surface area contributed by atoms with Crippen molar-refractivity contribution in [2.24, 2.45) is 0 Å². The summed E-state index contributed by atoms with van der Waals surface area (Å²) in [6.45, 7) is 5.74. The van der Waals surface area contributed by atoms with Crippen LogP contribution >= 0.6 is 0 Å². The van der Waals surface area contributed by atoms with E-state index in [9.17, 15) is 4.79 Å². The van der Waals surface area contributed by atoms with Gasteiger partial charge in [-0.05, 0) is 37.5 Å². The maximum Gasteiger partial charge on any atom is 0.268 e. The van der Waals surface area contributed by atoms with E-state index in [1.165, 1.54) is 0 Å². The Morgan fingerprint density at radius 1 is 1.00 bits per heavy atom. The van der Waals surface area contributed by atoms with Gasteiger partial charge in [0.2, 0.25) is 11.9 Å². The zero-order valence-corrected chi connectivity index (χ0v) is 21.8. The summed E-state index contributed by atoms with van der Waals surface area (Å²) in [6, 6.07) is 4.05. The molecule has 198 valence electrons. The fraction of sp³-hybridized carbons (Fsp3) is 0.357. The quantitative estimate of drug-likeness (QED) is 0.343. The van der Waals surface area contributed by atoms with E-state index < -0.39 is 0 Å². The summed E-state index contributed by atoms with van der Waals surface area (Å²) >= 11 is 0. The van der Waals surface area contributed by atoms with Crippen LogP contribution in [-0.2, 0) is 0 Å². The number of aromatic nitrogens is 6. The van der Waals surface area contributed by atoms with E-state index in [1.54, 1.807) is 18.6 Å². The molecule has 2 aliphatic rings. The molecule has 1 saturated carbocycles. The van der Waals surface area contributed by atoms with E-state index >= 15 is 0 Å². The lowest BCUT2D eigenvalue weighted by Gasteiger charge is -2.29. The highest BCUT2D eigenvalue weighted by Gasteiger charge is 2.24. The van der Waals surface area contributed by atoms with Crippen LogP contribution in [-0.4, -0.2) is 55.7 Å². The minimum absolute atomic E-state index is 0.0696. The summed E-state index contributed by atoms with van der Waals surface area (Å²) in [5.74, 6) is 7.30. The largest absolute Gasteiger partial charge is 0.368 e. The molecule has 1 saturated heterocycles. The molecule has 4 aromatic rings. The molecule has 0 spiro atoms. The lowest BCUT2D eigenvalue weighted by atomic mass is 10.1. The maximum absolute atomic E-state index is 13.8. The molecular formula is C28H30N10O. The van der Waals surface area contributed by atoms with Gasteiger partial charge in [0.1, 0.15) is 11.5 Å². The smallest absolute Gasteiger partial charge is 0.268 e. The molecule has 11 heteroatoms. The van der Waals surface area contributed by atoms with E-state index in [-0.39, 0.29) is 17.5 Å². The van der Waals surface area contributed by atoms with E-state index in [0.29, 0.717) is 28.5 Å². The summed E-state index contributed by atoms with van der Waals surface area (Å²) in [6.07, 6.45) is 10.7. The summed E-state index contributed by atoms with van der Waals surface area (Å²) < 4.78 is 1.81. The Bertz CT molecular complexity index is 1610. The number of nitrogens with two attached hydrogens (primary N) is 1. The number of pyridine rings is 2. The molecule has 5 heterocycles. The molecule has 0 bridgehead atoms. The third-order valence-electron chi connectivity index (χ3n) is 7.37.